The van der Waals surface area contributed by atoms with Gasteiger partial charge < -0.3 is 4.74 Å². The second-order valence-electron chi connectivity index (χ2n) is 6.89. The highest BCUT2D eigenvalue weighted by molar-refractivity contribution is 7.99. The van der Waals surface area contributed by atoms with Gasteiger partial charge in [-0.2, -0.15) is 0 Å². The van der Waals surface area contributed by atoms with Crippen molar-refractivity contribution in [1.29, 1.82) is 0 Å². The lowest BCUT2D eigenvalue weighted by atomic mass is 10.2. The Morgan fingerprint density at radius 1 is 1.07 bits per heavy atom. The van der Waals surface area contributed by atoms with Crippen molar-refractivity contribution in [2.75, 3.05) is 12.9 Å². The van der Waals surface area contributed by atoms with Crippen molar-refractivity contribution in [3.63, 3.8) is 0 Å². The van der Waals surface area contributed by atoms with Gasteiger partial charge in [0.15, 0.2) is 5.16 Å². The molecule has 0 aliphatic heterocycles. The number of benzene rings is 2. The van der Waals surface area contributed by atoms with Gasteiger partial charge >= 0.3 is 0 Å². The second kappa shape index (κ2) is 8.69. The average Bonchev–Trinajstić information content (AvgIpc) is 3.18. The Bertz CT molecular complexity index is 1180. The highest BCUT2D eigenvalue weighted by Gasteiger charge is 2.16. The van der Waals surface area contributed by atoms with E-state index in [1.54, 1.807) is 23.4 Å². The molecule has 2 aromatic carbocycles. The van der Waals surface area contributed by atoms with Crippen molar-refractivity contribution in [2.24, 2.45) is 0 Å². The zero-order valence-electron chi connectivity index (χ0n) is 16.7. The van der Waals surface area contributed by atoms with E-state index in [0.717, 1.165) is 41.4 Å². The number of aromatic nitrogens is 4. The normalized spacial score (nSPS) is 11.4. The summed E-state index contributed by atoms with van der Waals surface area (Å²) >= 11 is 1.66. The summed E-state index contributed by atoms with van der Waals surface area (Å²) in [6, 6.07) is 15.8. The number of ether oxygens (including phenoxy) is 1. The molecule has 0 atom stereocenters. The van der Waals surface area contributed by atoms with Crippen molar-refractivity contribution in [3.05, 3.63) is 64.4 Å². The van der Waals surface area contributed by atoms with E-state index < -0.39 is 0 Å². The van der Waals surface area contributed by atoms with E-state index in [2.05, 4.69) is 29.3 Å². The number of aryl methyl sites for hydroxylation is 2. The summed E-state index contributed by atoms with van der Waals surface area (Å²) in [7, 11) is 1.67. The average molecular weight is 409 g/mol. The predicted octanol–water partition coefficient (Wildman–Crippen LogP) is 4.19. The monoisotopic (exact) mass is 408 g/mol. The first-order valence-electron chi connectivity index (χ1n) is 9.85. The summed E-state index contributed by atoms with van der Waals surface area (Å²) in [5.41, 5.74) is 2.11. The topological polar surface area (TPSA) is 61.4 Å². The van der Waals surface area contributed by atoms with Crippen molar-refractivity contribution in [3.8, 4) is 5.75 Å². The molecule has 0 radical (unpaired) electrons. The van der Waals surface area contributed by atoms with E-state index in [-0.39, 0.29) is 5.56 Å². The van der Waals surface area contributed by atoms with E-state index in [1.165, 1.54) is 5.56 Å². The van der Waals surface area contributed by atoms with Gasteiger partial charge in [0.05, 0.1) is 18.0 Å². The third-order valence-corrected chi connectivity index (χ3v) is 5.93. The number of rotatable bonds is 8. The molecule has 29 heavy (non-hydrogen) atoms. The second-order valence-corrected chi connectivity index (χ2v) is 7.95. The minimum Gasteiger partial charge on any atom is -0.497 e. The van der Waals surface area contributed by atoms with Crippen LogP contribution >= 0.6 is 11.8 Å². The van der Waals surface area contributed by atoms with Gasteiger partial charge in [-0.15, -0.1) is 10.2 Å². The van der Waals surface area contributed by atoms with Crippen LogP contribution in [0.3, 0.4) is 0 Å². The minimum atomic E-state index is 0.00346. The van der Waals surface area contributed by atoms with Crippen LogP contribution in [0.2, 0.25) is 0 Å². The molecule has 0 bridgehead atoms. The Morgan fingerprint density at radius 3 is 2.62 bits per heavy atom. The molecule has 150 valence electrons. The van der Waals surface area contributed by atoms with Crippen LogP contribution in [-0.2, 0) is 13.0 Å². The maximum absolute atomic E-state index is 13.0. The van der Waals surface area contributed by atoms with Crippen molar-refractivity contribution < 1.29 is 4.74 Å². The summed E-state index contributed by atoms with van der Waals surface area (Å²) in [4.78, 5) is 13.0. The highest BCUT2D eigenvalue weighted by Crippen LogP contribution is 2.23. The Kier molecular flexibility index (Phi) is 5.85. The smallest absolute Gasteiger partial charge is 0.262 e. The van der Waals surface area contributed by atoms with Crippen molar-refractivity contribution in [1.82, 2.24) is 19.2 Å². The van der Waals surface area contributed by atoms with Gasteiger partial charge in [-0.25, -0.2) is 0 Å². The number of hydrogen-bond acceptors (Lipinski definition) is 5. The Balaban J connectivity index is 1.66. The number of hydrogen-bond donors (Lipinski definition) is 0. The molecule has 0 spiro atoms. The van der Waals surface area contributed by atoms with Gasteiger partial charge in [-0.3, -0.25) is 13.8 Å². The molecule has 6 nitrogen and oxygen atoms in total. The van der Waals surface area contributed by atoms with Gasteiger partial charge in [0.1, 0.15) is 5.75 Å². The first kappa shape index (κ1) is 19.5. The first-order valence-corrected chi connectivity index (χ1v) is 10.8. The Labute approximate surface area is 173 Å². The number of nitrogens with zero attached hydrogens (tertiary/aromatic N) is 4. The molecule has 0 saturated heterocycles. The maximum atomic E-state index is 13.0. The molecule has 0 fully saturated rings. The molecule has 0 aliphatic rings. The molecule has 2 heterocycles. The zero-order valence-corrected chi connectivity index (χ0v) is 17.5. The van der Waals surface area contributed by atoms with E-state index in [1.807, 2.05) is 40.8 Å². The third-order valence-electron chi connectivity index (χ3n) is 4.99. The first-order chi connectivity index (χ1) is 14.2. The van der Waals surface area contributed by atoms with Gasteiger partial charge in [0.25, 0.3) is 5.56 Å². The molecule has 0 aliphatic carbocycles. The molecule has 4 aromatic rings. The van der Waals surface area contributed by atoms with Crippen LogP contribution in [0.5, 0.6) is 5.75 Å². The lowest BCUT2D eigenvalue weighted by Crippen LogP contribution is -2.23. The fourth-order valence-electron chi connectivity index (χ4n) is 3.40. The predicted molar refractivity (Wildman–Crippen MR) is 117 cm³/mol. The van der Waals surface area contributed by atoms with E-state index in [9.17, 15) is 4.79 Å². The van der Waals surface area contributed by atoms with Crippen LogP contribution in [0.1, 0.15) is 25.3 Å². The number of para-hydroxylation sites is 1. The van der Waals surface area contributed by atoms with Gasteiger partial charge in [-0.1, -0.05) is 49.4 Å². The fourth-order valence-corrected chi connectivity index (χ4v) is 4.33. The van der Waals surface area contributed by atoms with Crippen LogP contribution in [0.25, 0.3) is 16.7 Å². The van der Waals surface area contributed by atoms with E-state index >= 15 is 0 Å². The number of methoxy groups -OCH3 is 1. The van der Waals surface area contributed by atoms with Gasteiger partial charge in [0, 0.05) is 12.3 Å². The van der Waals surface area contributed by atoms with Crippen LogP contribution in [0.15, 0.2) is 58.5 Å². The quantitative estimate of drug-likeness (QED) is 0.409. The molecule has 7 heteroatoms. The van der Waals surface area contributed by atoms with E-state index in [4.69, 9.17) is 4.74 Å². The molecule has 2 aromatic heterocycles. The standard InChI is InChI=1S/C22H24N4O2S/c1-3-4-14-25-20(27)18-7-5-6-8-19(18)26-21(25)23-24-22(26)29-15-13-16-9-11-17(28-2)12-10-16/h5-12H,3-4,13-15H2,1-2H3. The zero-order chi connectivity index (χ0) is 20.2. The summed E-state index contributed by atoms with van der Waals surface area (Å²) in [5.74, 6) is 2.35. The van der Waals surface area contributed by atoms with Crippen LogP contribution in [-0.4, -0.2) is 32.0 Å². The number of fused-ring (bicyclic) bond motifs is 3. The van der Waals surface area contributed by atoms with E-state index in [0.29, 0.717) is 17.7 Å². The maximum Gasteiger partial charge on any atom is 0.262 e. The number of unbranched alkanes of at least 4 members (excludes halogenated alkanes) is 1. The van der Waals surface area contributed by atoms with Crippen LogP contribution < -0.4 is 10.3 Å². The molecular weight excluding hydrogens is 384 g/mol. The lowest BCUT2D eigenvalue weighted by Gasteiger charge is -2.10. The third kappa shape index (κ3) is 3.87. The van der Waals surface area contributed by atoms with Gasteiger partial charge in [-0.05, 0) is 42.7 Å². The Hall–Kier alpha value is -2.80. The largest absolute Gasteiger partial charge is 0.497 e. The Morgan fingerprint density at radius 2 is 1.86 bits per heavy atom. The number of thioether (sulfide) groups is 1. The summed E-state index contributed by atoms with van der Waals surface area (Å²) in [6.07, 6.45) is 2.86. The molecule has 4 rings (SSSR count). The molecule has 0 N–H and O–H groups in total. The molecule has 0 amide bonds. The fraction of sp³-hybridized carbons (Fsp3) is 0.318. The minimum absolute atomic E-state index is 0.00346. The summed E-state index contributed by atoms with van der Waals surface area (Å²) in [5, 5.41) is 10.3. The van der Waals surface area contributed by atoms with Crippen molar-refractivity contribution in [2.45, 2.75) is 37.9 Å². The van der Waals surface area contributed by atoms with Gasteiger partial charge in [0.2, 0.25) is 5.78 Å². The van der Waals surface area contributed by atoms with Crippen LogP contribution in [0.4, 0.5) is 0 Å². The molecular formula is C22H24N4O2S. The SMILES string of the molecule is CCCCn1c(=O)c2ccccc2n2c(SCCc3ccc(OC)cc3)nnc12. The molecule has 0 saturated carbocycles. The van der Waals surface area contributed by atoms with Crippen molar-refractivity contribution >= 4 is 28.4 Å². The highest BCUT2D eigenvalue weighted by atomic mass is 32.2. The van der Waals surface area contributed by atoms with Crippen LogP contribution in [0, 0.1) is 0 Å². The molecule has 0 unspecified atom stereocenters. The summed E-state index contributed by atoms with van der Waals surface area (Å²) in [6.45, 7) is 2.77. The summed E-state index contributed by atoms with van der Waals surface area (Å²) < 4.78 is 8.99. The lowest BCUT2D eigenvalue weighted by molar-refractivity contribution is 0.414.